The molecule has 2 saturated heterocycles. The summed E-state index contributed by atoms with van der Waals surface area (Å²) in [7, 11) is 0. The van der Waals surface area contributed by atoms with Crippen LogP contribution in [-0.4, -0.2) is 29.2 Å². The van der Waals surface area contributed by atoms with Gasteiger partial charge in [-0.05, 0) is 42.4 Å². The average Bonchev–Trinajstić information content (AvgIpc) is 3.35. The maximum atomic E-state index is 12.9. The summed E-state index contributed by atoms with van der Waals surface area (Å²) < 4.78 is 0. The van der Waals surface area contributed by atoms with E-state index in [4.69, 9.17) is 0 Å². The van der Waals surface area contributed by atoms with Crippen LogP contribution in [0.3, 0.4) is 0 Å². The molecule has 0 N–H and O–H groups in total. The van der Waals surface area contributed by atoms with Crippen molar-refractivity contribution in [3.8, 4) is 0 Å². The highest BCUT2D eigenvalue weighted by atomic mass is 16.2. The fourth-order valence-electron chi connectivity index (χ4n) is 5.04. The van der Waals surface area contributed by atoms with E-state index in [1.807, 2.05) is 29.2 Å². The van der Waals surface area contributed by atoms with Crippen molar-refractivity contribution >= 4 is 23.4 Å². The smallest absolute Gasteiger partial charge is 0.238 e. The van der Waals surface area contributed by atoms with Crippen molar-refractivity contribution in [2.24, 2.45) is 23.7 Å². The molecule has 128 valence electrons. The lowest BCUT2D eigenvalue weighted by Gasteiger charge is -2.20. The van der Waals surface area contributed by atoms with Crippen molar-refractivity contribution in [1.29, 1.82) is 0 Å². The molecule has 3 amide bonds. The van der Waals surface area contributed by atoms with Gasteiger partial charge in [-0.25, -0.2) is 0 Å². The van der Waals surface area contributed by atoms with Crippen molar-refractivity contribution in [2.75, 3.05) is 11.4 Å². The van der Waals surface area contributed by atoms with Crippen LogP contribution in [0.25, 0.3) is 0 Å². The van der Waals surface area contributed by atoms with E-state index in [0.717, 1.165) is 24.9 Å². The monoisotopic (exact) mass is 336 g/mol. The predicted molar refractivity (Wildman–Crippen MR) is 91.3 cm³/mol. The number of carbonyl (C=O) groups excluding carboxylic acids is 3. The van der Waals surface area contributed by atoms with Crippen molar-refractivity contribution in [3.63, 3.8) is 0 Å². The summed E-state index contributed by atoms with van der Waals surface area (Å²) in [5.41, 5.74) is 1.61. The van der Waals surface area contributed by atoms with Crippen molar-refractivity contribution in [3.05, 3.63) is 42.0 Å². The Kier molecular flexibility index (Phi) is 3.14. The lowest BCUT2D eigenvalue weighted by molar-refractivity contribution is -0.128. The fourth-order valence-corrected chi connectivity index (χ4v) is 5.04. The molecule has 4 aliphatic rings. The first kappa shape index (κ1) is 14.9. The molecular formula is C20H20N2O3. The van der Waals surface area contributed by atoms with E-state index in [1.54, 1.807) is 0 Å². The van der Waals surface area contributed by atoms with Crippen LogP contribution in [0, 0.1) is 23.7 Å². The molecule has 0 spiro atoms. The Hall–Kier alpha value is -2.43. The summed E-state index contributed by atoms with van der Waals surface area (Å²) in [6, 6.07) is 7.53. The molecule has 5 nitrogen and oxygen atoms in total. The molecule has 1 saturated carbocycles. The van der Waals surface area contributed by atoms with Crippen LogP contribution in [0.1, 0.15) is 24.8 Å². The summed E-state index contributed by atoms with van der Waals surface area (Å²) in [6.45, 7) is 1.33. The summed E-state index contributed by atoms with van der Waals surface area (Å²) in [4.78, 5) is 40.9. The van der Waals surface area contributed by atoms with Gasteiger partial charge in [0.15, 0.2) is 0 Å². The second kappa shape index (κ2) is 5.28. The third-order valence-corrected chi connectivity index (χ3v) is 6.18. The van der Waals surface area contributed by atoms with Gasteiger partial charge in [0.2, 0.25) is 17.7 Å². The number of rotatable bonds is 3. The Balaban J connectivity index is 1.42. The first-order valence-electron chi connectivity index (χ1n) is 9.06. The lowest BCUT2D eigenvalue weighted by Crippen LogP contribution is -2.33. The van der Waals surface area contributed by atoms with Crippen LogP contribution < -0.4 is 4.90 Å². The van der Waals surface area contributed by atoms with E-state index in [0.29, 0.717) is 18.7 Å². The highest BCUT2D eigenvalue weighted by Gasteiger charge is 2.59. The zero-order chi connectivity index (χ0) is 17.1. The topological polar surface area (TPSA) is 57.7 Å². The molecule has 2 aliphatic carbocycles. The maximum Gasteiger partial charge on any atom is 0.238 e. The van der Waals surface area contributed by atoms with Crippen LogP contribution in [0.4, 0.5) is 5.69 Å². The van der Waals surface area contributed by atoms with E-state index < -0.39 is 0 Å². The highest BCUT2D eigenvalue weighted by molar-refractivity contribution is 6.22. The summed E-state index contributed by atoms with van der Waals surface area (Å²) in [6.07, 6.45) is 6.67. The molecule has 5 rings (SSSR count). The second-order valence-electron chi connectivity index (χ2n) is 7.60. The van der Waals surface area contributed by atoms with Gasteiger partial charge in [-0.15, -0.1) is 0 Å². The number of allylic oxidation sites excluding steroid dienone is 2. The van der Waals surface area contributed by atoms with Gasteiger partial charge in [-0.3, -0.25) is 19.3 Å². The Bertz CT molecular complexity index is 785. The minimum absolute atomic E-state index is 0.0544. The zero-order valence-electron chi connectivity index (χ0n) is 13.9. The molecule has 3 fully saturated rings. The minimum Gasteiger partial charge on any atom is -0.338 e. The SMILES string of the molecule is O=C1CCCN1Cc1cccc(N2C(=O)C3C4C=CC(C4)C3C2=O)c1. The van der Waals surface area contributed by atoms with Crippen LogP contribution in [-0.2, 0) is 20.9 Å². The van der Waals surface area contributed by atoms with Gasteiger partial charge in [0.1, 0.15) is 0 Å². The van der Waals surface area contributed by atoms with Crippen LogP contribution >= 0.6 is 0 Å². The zero-order valence-corrected chi connectivity index (χ0v) is 13.9. The lowest BCUT2D eigenvalue weighted by atomic mass is 9.85. The van der Waals surface area contributed by atoms with Gasteiger partial charge in [-0.1, -0.05) is 24.3 Å². The number of benzene rings is 1. The van der Waals surface area contributed by atoms with Crippen LogP contribution in [0.15, 0.2) is 36.4 Å². The number of nitrogens with zero attached hydrogens (tertiary/aromatic N) is 2. The van der Waals surface area contributed by atoms with Gasteiger partial charge in [-0.2, -0.15) is 0 Å². The minimum atomic E-state index is -0.175. The molecule has 4 unspecified atom stereocenters. The number of likely N-dealkylation sites (tertiary alicyclic amines) is 1. The van der Waals surface area contributed by atoms with Gasteiger partial charge in [0.25, 0.3) is 0 Å². The highest BCUT2D eigenvalue weighted by Crippen LogP contribution is 2.53. The molecule has 1 aromatic carbocycles. The van der Waals surface area contributed by atoms with Gasteiger partial charge < -0.3 is 4.90 Å². The Morgan fingerprint density at radius 2 is 1.72 bits per heavy atom. The molecule has 2 bridgehead atoms. The first-order valence-corrected chi connectivity index (χ1v) is 9.06. The molecular weight excluding hydrogens is 316 g/mol. The quantitative estimate of drug-likeness (QED) is 0.627. The largest absolute Gasteiger partial charge is 0.338 e. The van der Waals surface area contributed by atoms with Crippen molar-refractivity contribution in [2.45, 2.75) is 25.8 Å². The van der Waals surface area contributed by atoms with Gasteiger partial charge in [0.05, 0.1) is 17.5 Å². The number of hydrogen-bond acceptors (Lipinski definition) is 3. The van der Waals surface area contributed by atoms with E-state index in [2.05, 4.69) is 12.2 Å². The Morgan fingerprint density at radius 3 is 2.36 bits per heavy atom. The Labute approximate surface area is 146 Å². The maximum absolute atomic E-state index is 12.9. The van der Waals surface area contributed by atoms with E-state index in [9.17, 15) is 14.4 Å². The van der Waals surface area contributed by atoms with E-state index in [-0.39, 0.29) is 41.4 Å². The molecule has 5 heteroatoms. The number of imide groups is 1. The molecule has 1 aromatic rings. The third kappa shape index (κ3) is 2.11. The molecule has 0 radical (unpaired) electrons. The number of anilines is 1. The third-order valence-electron chi connectivity index (χ3n) is 6.18. The Morgan fingerprint density at radius 1 is 1.00 bits per heavy atom. The normalized spacial score (nSPS) is 33.0. The van der Waals surface area contributed by atoms with Crippen LogP contribution in [0.5, 0.6) is 0 Å². The molecule has 2 aliphatic heterocycles. The fraction of sp³-hybridized carbons (Fsp3) is 0.450. The number of hydrogen-bond donors (Lipinski definition) is 0. The van der Waals surface area contributed by atoms with Crippen LogP contribution in [0.2, 0.25) is 0 Å². The van der Waals surface area contributed by atoms with Gasteiger partial charge in [0, 0.05) is 19.5 Å². The van der Waals surface area contributed by atoms with Crippen molar-refractivity contribution in [1.82, 2.24) is 4.90 Å². The van der Waals surface area contributed by atoms with Gasteiger partial charge >= 0.3 is 0 Å². The van der Waals surface area contributed by atoms with E-state index in [1.165, 1.54) is 4.90 Å². The molecule has 0 aromatic heterocycles. The first-order chi connectivity index (χ1) is 12.1. The molecule has 4 atom stereocenters. The predicted octanol–water partition coefficient (Wildman–Crippen LogP) is 2.12. The second-order valence-corrected chi connectivity index (χ2v) is 7.60. The van der Waals surface area contributed by atoms with E-state index >= 15 is 0 Å². The summed E-state index contributed by atoms with van der Waals surface area (Å²) in [5.74, 6) is 0.166. The van der Waals surface area contributed by atoms with Crippen molar-refractivity contribution < 1.29 is 14.4 Å². The number of fused-ring (bicyclic) bond motifs is 5. The standard InChI is InChI=1S/C20H20N2O3/c23-16-5-2-8-21(16)11-12-3-1-4-15(9-12)22-19(24)17-13-6-7-14(10-13)18(17)20(22)25/h1,3-4,6-7,9,13-14,17-18H,2,5,8,10-11H2. The summed E-state index contributed by atoms with van der Waals surface area (Å²) >= 11 is 0. The molecule has 2 heterocycles. The average molecular weight is 336 g/mol. The number of carbonyl (C=O) groups is 3. The number of amides is 3. The molecule has 25 heavy (non-hydrogen) atoms. The summed E-state index contributed by atoms with van der Waals surface area (Å²) in [5, 5.41) is 0.